The fourth-order valence-corrected chi connectivity index (χ4v) is 3.66. The summed E-state index contributed by atoms with van der Waals surface area (Å²) < 4.78 is 5.54. The smallest absolute Gasteiger partial charge is 0.322 e. The molecule has 0 bridgehead atoms. The Balaban J connectivity index is 1.61. The Bertz CT molecular complexity index is 1050. The first-order valence-corrected chi connectivity index (χ1v) is 9.17. The first-order chi connectivity index (χ1) is 14.0. The van der Waals surface area contributed by atoms with Crippen molar-refractivity contribution >= 4 is 17.8 Å². The number of ether oxygens (including phenoxy) is 1. The topological polar surface area (TPSA) is 87.7 Å². The third kappa shape index (κ3) is 3.29. The molecule has 2 N–H and O–H groups in total. The molecule has 4 amide bonds. The van der Waals surface area contributed by atoms with Gasteiger partial charge in [-0.1, -0.05) is 42.3 Å². The van der Waals surface area contributed by atoms with Gasteiger partial charge in [-0.25, -0.2) is 4.79 Å². The largest absolute Gasteiger partial charge is 0.481 e. The van der Waals surface area contributed by atoms with E-state index in [2.05, 4.69) is 22.5 Å². The molecule has 7 nitrogen and oxygen atoms in total. The lowest BCUT2D eigenvalue weighted by Crippen LogP contribution is -2.52. The molecule has 146 valence electrons. The van der Waals surface area contributed by atoms with Crippen LogP contribution in [0.4, 0.5) is 4.79 Å². The Hall–Kier alpha value is -3.79. The van der Waals surface area contributed by atoms with Gasteiger partial charge in [-0.15, -0.1) is 5.92 Å². The number of amides is 4. The summed E-state index contributed by atoms with van der Waals surface area (Å²) in [5.74, 6) is 5.44. The molecule has 1 atom stereocenters. The lowest BCUT2D eigenvalue weighted by atomic mass is 9.89. The summed E-state index contributed by atoms with van der Waals surface area (Å²) in [7, 11) is 0. The zero-order chi connectivity index (χ0) is 20.4. The van der Waals surface area contributed by atoms with E-state index < -0.39 is 17.5 Å². The second-order valence-corrected chi connectivity index (χ2v) is 6.88. The van der Waals surface area contributed by atoms with Gasteiger partial charge in [0, 0.05) is 12.1 Å². The normalized spacial score (nSPS) is 19.9. The first kappa shape index (κ1) is 18.6. The minimum atomic E-state index is -1.33. The number of nitrogens with zero attached hydrogens (tertiary/aromatic N) is 1. The van der Waals surface area contributed by atoms with E-state index in [9.17, 15) is 14.4 Å². The molecular weight excluding hydrogens is 370 g/mol. The van der Waals surface area contributed by atoms with Gasteiger partial charge in [0.1, 0.15) is 12.4 Å². The van der Waals surface area contributed by atoms with Crippen molar-refractivity contribution in [1.29, 1.82) is 0 Å². The third-order valence-electron chi connectivity index (χ3n) is 5.08. The second-order valence-electron chi connectivity index (χ2n) is 6.88. The Morgan fingerprint density at radius 2 is 1.93 bits per heavy atom. The molecule has 2 aliphatic heterocycles. The molecule has 0 aliphatic carbocycles. The number of benzene rings is 2. The van der Waals surface area contributed by atoms with Gasteiger partial charge in [-0.2, -0.15) is 0 Å². The van der Waals surface area contributed by atoms with Crippen molar-refractivity contribution in [2.45, 2.75) is 19.0 Å². The molecule has 7 heteroatoms. The molecule has 0 saturated carbocycles. The average Bonchev–Trinajstić information content (AvgIpc) is 3.19. The number of urea groups is 1. The molecule has 0 aromatic heterocycles. The highest BCUT2D eigenvalue weighted by atomic mass is 16.5. The van der Waals surface area contributed by atoms with Crippen LogP contribution in [0.15, 0.2) is 48.5 Å². The molecule has 1 saturated heterocycles. The van der Waals surface area contributed by atoms with Crippen LogP contribution >= 0.6 is 0 Å². The van der Waals surface area contributed by atoms with E-state index in [0.29, 0.717) is 23.4 Å². The standard InChI is InChI=1S/C22H19N3O4/c1-2-3-11-29-17-10-9-15-13-25(19(26)18(15)12-17)14-22(16-7-5-4-6-8-16)20(27)23-21(28)24-22/h4-10,12H,11,13-14H2,1H3,(H2,23,24,27,28)/t22-/m0/s1. The van der Waals surface area contributed by atoms with Crippen molar-refractivity contribution in [2.75, 3.05) is 13.2 Å². The van der Waals surface area contributed by atoms with E-state index in [1.807, 2.05) is 12.1 Å². The Morgan fingerprint density at radius 1 is 1.14 bits per heavy atom. The number of carbonyl (C=O) groups excluding carboxylic acids is 3. The van der Waals surface area contributed by atoms with Crippen LogP contribution in [0.2, 0.25) is 0 Å². The molecule has 0 spiro atoms. The third-order valence-corrected chi connectivity index (χ3v) is 5.08. The number of hydrogen-bond acceptors (Lipinski definition) is 4. The van der Waals surface area contributed by atoms with Crippen molar-refractivity contribution in [3.05, 3.63) is 65.2 Å². The summed E-state index contributed by atoms with van der Waals surface area (Å²) >= 11 is 0. The van der Waals surface area contributed by atoms with Crippen LogP contribution in [0.25, 0.3) is 0 Å². The van der Waals surface area contributed by atoms with Gasteiger partial charge in [0.25, 0.3) is 11.8 Å². The highest BCUT2D eigenvalue weighted by Gasteiger charge is 2.50. The predicted molar refractivity (Wildman–Crippen MR) is 105 cm³/mol. The predicted octanol–water partition coefficient (Wildman–Crippen LogP) is 1.78. The van der Waals surface area contributed by atoms with Crippen molar-refractivity contribution in [2.24, 2.45) is 0 Å². The van der Waals surface area contributed by atoms with E-state index in [4.69, 9.17) is 4.74 Å². The van der Waals surface area contributed by atoms with Crippen LogP contribution in [0.3, 0.4) is 0 Å². The Labute approximate surface area is 168 Å². The summed E-state index contributed by atoms with van der Waals surface area (Å²) in [6.07, 6.45) is 0. The minimum absolute atomic E-state index is 0.0274. The van der Waals surface area contributed by atoms with Crippen molar-refractivity contribution in [3.8, 4) is 17.6 Å². The fraction of sp³-hybridized carbons (Fsp3) is 0.227. The summed E-state index contributed by atoms with van der Waals surface area (Å²) in [6, 6.07) is 13.7. The van der Waals surface area contributed by atoms with E-state index >= 15 is 0 Å². The number of nitrogens with one attached hydrogen (secondary N) is 2. The van der Waals surface area contributed by atoms with Gasteiger partial charge in [-0.3, -0.25) is 14.9 Å². The van der Waals surface area contributed by atoms with E-state index in [1.165, 1.54) is 0 Å². The van der Waals surface area contributed by atoms with Crippen LogP contribution in [0.5, 0.6) is 5.75 Å². The summed E-state index contributed by atoms with van der Waals surface area (Å²) in [5, 5.41) is 5.01. The lowest BCUT2D eigenvalue weighted by molar-refractivity contribution is -0.124. The van der Waals surface area contributed by atoms with Crippen LogP contribution in [-0.4, -0.2) is 35.9 Å². The van der Waals surface area contributed by atoms with Gasteiger partial charge < -0.3 is 15.0 Å². The maximum absolute atomic E-state index is 13.0. The van der Waals surface area contributed by atoms with Gasteiger partial charge in [-0.05, 0) is 30.2 Å². The van der Waals surface area contributed by atoms with Crippen LogP contribution in [-0.2, 0) is 16.9 Å². The highest BCUT2D eigenvalue weighted by Crippen LogP contribution is 2.32. The number of imide groups is 1. The molecule has 4 rings (SSSR count). The molecule has 2 aromatic rings. The highest BCUT2D eigenvalue weighted by molar-refractivity contribution is 6.08. The van der Waals surface area contributed by atoms with Gasteiger partial charge >= 0.3 is 6.03 Å². The zero-order valence-corrected chi connectivity index (χ0v) is 15.8. The van der Waals surface area contributed by atoms with Crippen molar-refractivity contribution < 1.29 is 19.1 Å². The number of hydrogen-bond donors (Lipinski definition) is 2. The molecule has 2 heterocycles. The molecule has 29 heavy (non-hydrogen) atoms. The van der Waals surface area contributed by atoms with Crippen molar-refractivity contribution in [3.63, 3.8) is 0 Å². The SMILES string of the molecule is CC#CCOc1ccc2c(c1)C(=O)N(C[C@@]1(c3ccccc3)NC(=O)NC1=O)C2. The maximum Gasteiger partial charge on any atom is 0.322 e. The van der Waals surface area contributed by atoms with Gasteiger partial charge in [0.2, 0.25) is 0 Å². The first-order valence-electron chi connectivity index (χ1n) is 9.17. The quantitative estimate of drug-likeness (QED) is 0.603. The molecule has 0 radical (unpaired) electrons. The van der Waals surface area contributed by atoms with Crippen LogP contribution in [0.1, 0.15) is 28.4 Å². The average molecular weight is 389 g/mol. The fourth-order valence-electron chi connectivity index (χ4n) is 3.66. The Kier molecular flexibility index (Phi) is 4.69. The molecule has 0 unspecified atom stereocenters. The summed E-state index contributed by atoms with van der Waals surface area (Å²) in [4.78, 5) is 39.2. The van der Waals surface area contributed by atoms with Gasteiger partial charge in [0.15, 0.2) is 5.54 Å². The second kappa shape index (κ2) is 7.32. The number of fused-ring (bicyclic) bond motifs is 1. The Morgan fingerprint density at radius 3 is 2.62 bits per heavy atom. The number of carbonyl (C=O) groups is 3. The monoisotopic (exact) mass is 389 g/mol. The van der Waals surface area contributed by atoms with Crippen molar-refractivity contribution in [1.82, 2.24) is 15.5 Å². The summed E-state index contributed by atoms with van der Waals surface area (Å²) in [6.45, 7) is 2.35. The molecule has 2 aliphatic rings. The van der Waals surface area contributed by atoms with E-state index in [-0.39, 0.29) is 19.1 Å². The summed E-state index contributed by atoms with van der Waals surface area (Å²) in [5.41, 5.74) is 0.664. The minimum Gasteiger partial charge on any atom is -0.481 e. The molecule has 1 fully saturated rings. The maximum atomic E-state index is 13.0. The van der Waals surface area contributed by atoms with Crippen LogP contribution in [0, 0.1) is 11.8 Å². The van der Waals surface area contributed by atoms with E-state index in [0.717, 1.165) is 5.56 Å². The van der Waals surface area contributed by atoms with E-state index in [1.54, 1.807) is 48.2 Å². The lowest BCUT2D eigenvalue weighted by Gasteiger charge is -2.31. The molecular formula is C22H19N3O4. The van der Waals surface area contributed by atoms with Crippen LogP contribution < -0.4 is 15.4 Å². The number of rotatable bonds is 5. The zero-order valence-electron chi connectivity index (χ0n) is 15.8. The van der Waals surface area contributed by atoms with Gasteiger partial charge in [0.05, 0.1) is 6.54 Å². The molecule has 2 aromatic carbocycles.